The molecule has 0 bridgehead atoms. The van der Waals surface area contributed by atoms with Gasteiger partial charge in [-0.05, 0) is 19.3 Å². The van der Waals surface area contributed by atoms with Crippen LogP contribution in [0.15, 0.2) is 0 Å². The Kier molecular flexibility index (Phi) is 11.5. The molecule has 0 aromatic carbocycles. The zero-order chi connectivity index (χ0) is 16.1. The van der Waals surface area contributed by atoms with Gasteiger partial charge in [0.05, 0.1) is 14.2 Å². The van der Waals surface area contributed by atoms with Crippen molar-refractivity contribution in [2.45, 2.75) is 64.7 Å². The maximum absolute atomic E-state index is 12.1. The van der Waals surface area contributed by atoms with Crippen molar-refractivity contribution in [3.8, 4) is 0 Å². The van der Waals surface area contributed by atoms with Crippen LogP contribution in [0, 0.1) is 5.92 Å². The topological polar surface area (TPSA) is 69.7 Å². The van der Waals surface area contributed by atoms with Gasteiger partial charge >= 0.3 is 11.9 Å². The highest BCUT2D eigenvalue weighted by atomic mass is 16.5. The van der Waals surface area contributed by atoms with E-state index >= 15 is 0 Å². The number of Topliss-reactive ketones (excluding diaryl/α,β-unsaturated/α-hetero) is 1. The molecule has 1 unspecified atom stereocenters. The minimum Gasteiger partial charge on any atom is -0.469 e. The number of esters is 2. The highest BCUT2D eigenvalue weighted by Crippen LogP contribution is 2.16. The number of unbranched alkanes of at least 4 members (excludes halogenated alkanes) is 4. The Morgan fingerprint density at radius 3 is 2.00 bits per heavy atom. The van der Waals surface area contributed by atoms with Gasteiger partial charge in [0.1, 0.15) is 11.7 Å². The summed E-state index contributed by atoms with van der Waals surface area (Å²) in [6, 6.07) is 0. The second-order valence-corrected chi connectivity index (χ2v) is 5.17. The predicted molar refractivity (Wildman–Crippen MR) is 79.8 cm³/mol. The van der Waals surface area contributed by atoms with Crippen LogP contribution in [0.3, 0.4) is 0 Å². The Morgan fingerprint density at radius 2 is 1.48 bits per heavy atom. The molecule has 0 saturated heterocycles. The third-order valence-corrected chi connectivity index (χ3v) is 3.50. The summed E-state index contributed by atoms with van der Waals surface area (Å²) in [4.78, 5) is 34.6. The molecule has 5 heteroatoms. The van der Waals surface area contributed by atoms with E-state index in [-0.39, 0.29) is 11.8 Å². The van der Waals surface area contributed by atoms with Gasteiger partial charge in [0.15, 0.2) is 0 Å². The van der Waals surface area contributed by atoms with Crippen molar-refractivity contribution in [3.63, 3.8) is 0 Å². The number of carbonyl (C=O) groups excluding carboxylic acids is 3. The van der Waals surface area contributed by atoms with Crippen LogP contribution in [0.1, 0.15) is 64.7 Å². The summed E-state index contributed by atoms with van der Waals surface area (Å²) in [5.41, 5.74) is 0. The van der Waals surface area contributed by atoms with Crippen molar-refractivity contribution < 1.29 is 23.9 Å². The summed E-state index contributed by atoms with van der Waals surface area (Å²) < 4.78 is 9.26. The lowest BCUT2D eigenvalue weighted by Gasteiger charge is -2.13. The van der Waals surface area contributed by atoms with Crippen molar-refractivity contribution in [2.75, 3.05) is 14.2 Å². The number of rotatable bonds is 12. The Balaban J connectivity index is 3.92. The molecule has 1 atom stereocenters. The molecule has 0 amide bonds. The summed E-state index contributed by atoms with van der Waals surface area (Å²) in [6.45, 7) is 2.03. The highest BCUT2D eigenvalue weighted by Gasteiger charge is 2.25. The third-order valence-electron chi connectivity index (χ3n) is 3.50. The summed E-state index contributed by atoms with van der Waals surface area (Å²) in [6.07, 6.45) is 6.50. The number of ketones is 1. The molecule has 0 radical (unpaired) electrons. The van der Waals surface area contributed by atoms with Crippen LogP contribution in [0.2, 0.25) is 0 Å². The zero-order valence-electron chi connectivity index (χ0n) is 13.5. The van der Waals surface area contributed by atoms with E-state index in [4.69, 9.17) is 4.74 Å². The molecule has 0 heterocycles. The van der Waals surface area contributed by atoms with E-state index in [1.807, 2.05) is 6.92 Å². The monoisotopic (exact) mass is 300 g/mol. The van der Waals surface area contributed by atoms with Crippen LogP contribution in [0.4, 0.5) is 0 Å². The largest absolute Gasteiger partial charge is 0.469 e. The lowest BCUT2D eigenvalue weighted by atomic mass is 9.94. The quantitative estimate of drug-likeness (QED) is 0.315. The maximum atomic E-state index is 12.1. The maximum Gasteiger partial charge on any atom is 0.316 e. The van der Waals surface area contributed by atoms with Crippen molar-refractivity contribution in [1.82, 2.24) is 0 Å². The van der Waals surface area contributed by atoms with Gasteiger partial charge in [-0.2, -0.15) is 0 Å². The van der Waals surface area contributed by atoms with Gasteiger partial charge in [0, 0.05) is 12.8 Å². The molecular formula is C16H28O5. The van der Waals surface area contributed by atoms with E-state index in [0.29, 0.717) is 19.3 Å². The molecule has 0 N–H and O–H groups in total. The van der Waals surface area contributed by atoms with Gasteiger partial charge in [-0.15, -0.1) is 0 Å². The lowest BCUT2D eigenvalue weighted by molar-refractivity contribution is -0.150. The summed E-state index contributed by atoms with van der Waals surface area (Å²) in [7, 11) is 2.70. The lowest BCUT2D eigenvalue weighted by Crippen LogP contribution is -2.25. The van der Waals surface area contributed by atoms with E-state index in [2.05, 4.69) is 4.74 Å². The van der Waals surface area contributed by atoms with Crippen LogP contribution in [0.5, 0.6) is 0 Å². The number of carbonyl (C=O) groups is 3. The SMILES string of the molecule is CCCCC(C(=O)CCCCCCC(=O)OC)C(=O)OC. The fourth-order valence-corrected chi connectivity index (χ4v) is 2.16. The standard InChI is InChI=1S/C16H28O5/c1-4-5-10-13(16(19)21-3)14(17)11-8-6-7-9-12-15(18)20-2/h13H,4-12H2,1-3H3. The van der Waals surface area contributed by atoms with Gasteiger partial charge < -0.3 is 9.47 Å². The van der Waals surface area contributed by atoms with Gasteiger partial charge in [-0.25, -0.2) is 0 Å². The first-order valence-corrected chi connectivity index (χ1v) is 7.74. The van der Waals surface area contributed by atoms with E-state index in [9.17, 15) is 14.4 Å². The molecule has 0 aliphatic rings. The second-order valence-electron chi connectivity index (χ2n) is 5.17. The molecule has 0 fully saturated rings. The Labute approximate surface area is 127 Å². The average molecular weight is 300 g/mol. The summed E-state index contributed by atoms with van der Waals surface area (Å²) in [5, 5.41) is 0. The Bertz CT molecular complexity index is 325. The number of hydrogen-bond donors (Lipinski definition) is 0. The molecule has 21 heavy (non-hydrogen) atoms. The predicted octanol–water partition coefficient (Wildman–Crippen LogP) is 3.05. The van der Waals surface area contributed by atoms with Crippen LogP contribution in [-0.2, 0) is 23.9 Å². The highest BCUT2D eigenvalue weighted by molar-refractivity contribution is 5.98. The number of methoxy groups -OCH3 is 2. The normalized spacial score (nSPS) is 11.8. The molecule has 0 spiro atoms. The number of hydrogen-bond acceptors (Lipinski definition) is 5. The van der Waals surface area contributed by atoms with E-state index in [1.165, 1.54) is 14.2 Å². The summed E-state index contributed by atoms with van der Waals surface area (Å²) in [5.74, 6) is -1.25. The van der Waals surface area contributed by atoms with Crippen LogP contribution in [0.25, 0.3) is 0 Å². The first-order valence-electron chi connectivity index (χ1n) is 7.74. The first kappa shape index (κ1) is 19.6. The van der Waals surface area contributed by atoms with Gasteiger partial charge in [-0.1, -0.05) is 32.6 Å². The molecule has 0 saturated carbocycles. The fourth-order valence-electron chi connectivity index (χ4n) is 2.16. The number of ether oxygens (including phenoxy) is 2. The third kappa shape index (κ3) is 9.21. The Morgan fingerprint density at radius 1 is 0.857 bits per heavy atom. The van der Waals surface area contributed by atoms with Crippen LogP contribution in [-0.4, -0.2) is 31.9 Å². The van der Waals surface area contributed by atoms with Gasteiger partial charge in [0.25, 0.3) is 0 Å². The molecule has 0 aromatic rings. The van der Waals surface area contributed by atoms with Gasteiger partial charge in [0.2, 0.25) is 0 Å². The van der Waals surface area contributed by atoms with Crippen molar-refractivity contribution >= 4 is 17.7 Å². The van der Waals surface area contributed by atoms with Crippen molar-refractivity contribution in [3.05, 3.63) is 0 Å². The van der Waals surface area contributed by atoms with Crippen LogP contribution < -0.4 is 0 Å². The minimum atomic E-state index is -0.606. The smallest absolute Gasteiger partial charge is 0.316 e. The van der Waals surface area contributed by atoms with Gasteiger partial charge in [-0.3, -0.25) is 14.4 Å². The average Bonchev–Trinajstić information content (AvgIpc) is 2.50. The molecule has 0 aromatic heterocycles. The van der Waals surface area contributed by atoms with Crippen molar-refractivity contribution in [2.24, 2.45) is 5.92 Å². The molecule has 0 aliphatic heterocycles. The van der Waals surface area contributed by atoms with E-state index in [0.717, 1.165) is 38.5 Å². The van der Waals surface area contributed by atoms with E-state index in [1.54, 1.807) is 0 Å². The summed E-state index contributed by atoms with van der Waals surface area (Å²) >= 11 is 0. The molecule has 122 valence electrons. The van der Waals surface area contributed by atoms with Crippen LogP contribution >= 0.6 is 0 Å². The van der Waals surface area contributed by atoms with E-state index < -0.39 is 11.9 Å². The molecular weight excluding hydrogens is 272 g/mol. The fraction of sp³-hybridized carbons (Fsp3) is 0.812. The van der Waals surface area contributed by atoms with Crippen molar-refractivity contribution in [1.29, 1.82) is 0 Å². The zero-order valence-corrected chi connectivity index (χ0v) is 13.5. The molecule has 0 rings (SSSR count). The second kappa shape index (κ2) is 12.4. The molecule has 0 aliphatic carbocycles. The minimum absolute atomic E-state index is 0.0248. The Hall–Kier alpha value is -1.39. The first-order chi connectivity index (χ1) is 10.1. The molecule has 5 nitrogen and oxygen atoms in total.